The van der Waals surface area contributed by atoms with Gasteiger partial charge in [0, 0.05) is 37.4 Å². The van der Waals surface area contributed by atoms with Crippen molar-refractivity contribution in [3.63, 3.8) is 0 Å². The Hall–Kier alpha value is -1.06. The van der Waals surface area contributed by atoms with Gasteiger partial charge in [0.15, 0.2) is 0 Å². The van der Waals surface area contributed by atoms with Crippen molar-refractivity contribution >= 4 is 5.69 Å². The van der Waals surface area contributed by atoms with Gasteiger partial charge in [-0.25, -0.2) is 0 Å². The molecule has 1 N–H and O–H groups in total. The Morgan fingerprint density at radius 1 is 1.12 bits per heavy atom. The average Bonchev–Trinajstić information content (AvgIpc) is 2.30. The lowest BCUT2D eigenvalue weighted by Gasteiger charge is -2.35. The standard InChI is InChI=1S/C13H20N2O/c1-11(16)12-5-3-4-6-13(12)15-9-7-14(2)8-10-15/h3-6,11,16H,7-10H2,1-2H3/t11-/m1/s1. The summed E-state index contributed by atoms with van der Waals surface area (Å²) in [6, 6.07) is 8.15. The first-order valence-electron chi connectivity index (χ1n) is 5.89. The summed E-state index contributed by atoms with van der Waals surface area (Å²) in [5, 5.41) is 9.75. The van der Waals surface area contributed by atoms with Crippen LogP contribution in [0.1, 0.15) is 18.6 Å². The number of aliphatic hydroxyl groups is 1. The second kappa shape index (κ2) is 4.85. The topological polar surface area (TPSA) is 26.7 Å². The number of likely N-dealkylation sites (N-methyl/N-ethyl adjacent to an activating group) is 1. The highest BCUT2D eigenvalue weighted by Gasteiger charge is 2.17. The molecular formula is C13H20N2O. The highest BCUT2D eigenvalue weighted by atomic mass is 16.3. The van der Waals surface area contributed by atoms with Crippen LogP contribution in [0.25, 0.3) is 0 Å². The monoisotopic (exact) mass is 220 g/mol. The molecule has 0 aromatic heterocycles. The third-order valence-electron chi connectivity index (χ3n) is 3.23. The van der Waals surface area contributed by atoms with E-state index in [1.807, 2.05) is 25.1 Å². The molecule has 1 heterocycles. The fourth-order valence-corrected chi connectivity index (χ4v) is 2.18. The SMILES string of the molecule is C[C@@H](O)c1ccccc1N1CCN(C)CC1. The van der Waals surface area contributed by atoms with Gasteiger partial charge < -0.3 is 14.9 Å². The highest BCUT2D eigenvalue weighted by Crippen LogP contribution is 2.26. The van der Waals surface area contributed by atoms with Crippen LogP contribution in [0.15, 0.2) is 24.3 Å². The molecule has 1 saturated heterocycles. The second-order valence-corrected chi connectivity index (χ2v) is 4.53. The highest BCUT2D eigenvalue weighted by molar-refractivity contribution is 5.54. The van der Waals surface area contributed by atoms with Crippen molar-refractivity contribution in [3.05, 3.63) is 29.8 Å². The number of aliphatic hydroxyl groups excluding tert-OH is 1. The maximum atomic E-state index is 9.75. The van der Waals surface area contributed by atoms with Gasteiger partial charge in [-0.1, -0.05) is 18.2 Å². The van der Waals surface area contributed by atoms with Gasteiger partial charge >= 0.3 is 0 Å². The number of anilines is 1. The lowest BCUT2D eigenvalue weighted by molar-refractivity contribution is 0.199. The number of hydrogen-bond donors (Lipinski definition) is 1. The molecule has 2 rings (SSSR count). The van der Waals surface area contributed by atoms with Crippen LogP contribution < -0.4 is 4.90 Å². The summed E-state index contributed by atoms with van der Waals surface area (Å²) in [5.74, 6) is 0. The quantitative estimate of drug-likeness (QED) is 0.818. The molecule has 3 nitrogen and oxygen atoms in total. The zero-order valence-corrected chi connectivity index (χ0v) is 10.1. The average molecular weight is 220 g/mol. The normalized spacial score (nSPS) is 19.8. The Morgan fingerprint density at radius 2 is 1.75 bits per heavy atom. The smallest absolute Gasteiger partial charge is 0.0781 e. The summed E-state index contributed by atoms with van der Waals surface area (Å²) in [4.78, 5) is 4.70. The van der Waals surface area contributed by atoms with E-state index in [0.29, 0.717) is 0 Å². The third kappa shape index (κ3) is 2.36. The first-order chi connectivity index (χ1) is 7.68. The predicted octanol–water partition coefficient (Wildman–Crippen LogP) is 1.49. The van der Waals surface area contributed by atoms with E-state index in [4.69, 9.17) is 0 Å². The molecule has 0 spiro atoms. The van der Waals surface area contributed by atoms with Crippen LogP contribution in [0.2, 0.25) is 0 Å². The van der Waals surface area contributed by atoms with Crippen molar-refractivity contribution in [2.75, 3.05) is 38.1 Å². The van der Waals surface area contributed by atoms with E-state index >= 15 is 0 Å². The molecule has 1 aliphatic heterocycles. The zero-order valence-electron chi connectivity index (χ0n) is 10.1. The number of hydrogen-bond acceptors (Lipinski definition) is 3. The zero-order chi connectivity index (χ0) is 11.5. The van der Waals surface area contributed by atoms with Crippen LogP contribution in [0.3, 0.4) is 0 Å². The summed E-state index contributed by atoms with van der Waals surface area (Å²) in [6.45, 7) is 6.09. The Labute approximate surface area is 97.3 Å². The molecule has 16 heavy (non-hydrogen) atoms. The molecule has 0 unspecified atom stereocenters. The lowest BCUT2D eigenvalue weighted by Crippen LogP contribution is -2.44. The molecule has 0 amide bonds. The lowest BCUT2D eigenvalue weighted by atomic mass is 10.1. The van der Waals surface area contributed by atoms with Gasteiger partial charge in [-0.05, 0) is 20.0 Å². The minimum atomic E-state index is -0.393. The molecule has 1 atom stereocenters. The Kier molecular flexibility index (Phi) is 3.46. The molecule has 1 fully saturated rings. The molecule has 0 bridgehead atoms. The van der Waals surface area contributed by atoms with E-state index in [1.54, 1.807) is 0 Å². The van der Waals surface area contributed by atoms with Crippen molar-refractivity contribution in [2.24, 2.45) is 0 Å². The fraction of sp³-hybridized carbons (Fsp3) is 0.538. The molecule has 3 heteroatoms. The van der Waals surface area contributed by atoms with E-state index in [1.165, 1.54) is 5.69 Å². The van der Waals surface area contributed by atoms with Crippen LogP contribution >= 0.6 is 0 Å². The van der Waals surface area contributed by atoms with Gasteiger partial charge in [-0.15, -0.1) is 0 Å². The number of rotatable bonds is 2. The van der Waals surface area contributed by atoms with Crippen LogP contribution in [0, 0.1) is 0 Å². The van der Waals surface area contributed by atoms with Crippen LogP contribution in [0.5, 0.6) is 0 Å². The van der Waals surface area contributed by atoms with Gasteiger partial charge in [-0.3, -0.25) is 0 Å². The van der Waals surface area contributed by atoms with E-state index in [9.17, 15) is 5.11 Å². The van der Waals surface area contributed by atoms with Crippen molar-refractivity contribution < 1.29 is 5.11 Å². The predicted molar refractivity (Wildman–Crippen MR) is 66.8 cm³/mol. The van der Waals surface area contributed by atoms with Gasteiger partial charge in [0.2, 0.25) is 0 Å². The van der Waals surface area contributed by atoms with E-state index in [2.05, 4.69) is 22.9 Å². The molecule has 88 valence electrons. The maximum absolute atomic E-state index is 9.75. The van der Waals surface area contributed by atoms with E-state index in [0.717, 1.165) is 31.7 Å². The van der Waals surface area contributed by atoms with Crippen LogP contribution in [-0.4, -0.2) is 43.2 Å². The maximum Gasteiger partial charge on any atom is 0.0781 e. The molecule has 1 aromatic rings. The first kappa shape index (κ1) is 11.4. The third-order valence-corrected chi connectivity index (χ3v) is 3.23. The van der Waals surface area contributed by atoms with Crippen molar-refractivity contribution in [3.8, 4) is 0 Å². The Balaban J connectivity index is 2.19. The molecule has 0 aliphatic carbocycles. The molecule has 0 radical (unpaired) electrons. The number of piperazine rings is 1. The summed E-state index contributed by atoms with van der Waals surface area (Å²) < 4.78 is 0. The second-order valence-electron chi connectivity index (χ2n) is 4.53. The summed E-state index contributed by atoms with van der Waals surface area (Å²) in [7, 11) is 2.15. The van der Waals surface area contributed by atoms with Crippen LogP contribution in [0.4, 0.5) is 5.69 Å². The van der Waals surface area contributed by atoms with Gasteiger partial charge in [0.1, 0.15) is 0 Å². The van der Waals surface area contributed by atoms with Crippen LogP contribution in [-0.2, 0) is 0 Å². The van der Waals surface area contributed by atoms with E-state index in [-0.39, 0.29) is 0 Å². The van der Waals surface area contributed by atoms with Crippen molar-refractivity contribution in [1.29, 1.82) is 0 Å². The molecular weight excluding hydrogens is 200 g/mol. The summed E-state index contributed by atoms with van der Waals surface area (Å²) in [6.07, 6.45) is -0.393. The molecule has 0 saturated carbocycles. The van der Waals surface area contributed by atoms with Gasteiger partial charge in [0.05, 0.1) is 6.10 Å². The number of para-hydroxylation sites is 1. The summed E-state index contributed by atoms with van der Waals surface area (Å²) >= 11 is 0. The van der Waals surface area contributed by atoms with Crippen molar-refractivity contribution in [2.45, 2.75) is 13.0 Å². The number of nitrogens with zero attached hydrogens (tertiary/aromatic N) is 2. The minimum absolute atomic E-state index is 0.393. The summed E-state index contributed by atoms with van der Waals surface area (Å²) in [5.41, 5.74) is 2.22. The van der Waals surface area contributed by atoms with Crippen molar-refractivity contribution in [1.82, 2.24) is 4.90 Å². The van der Waals surface area contributed by atoms with Gasteiger partial charge in [-0.2, -0.15) is 0 Å². The fourth-order valence-electron chi connectivity index (χ4n) is 2.18. The Bertz CT molecular complexity index is 344. The molecule has 1 aliphatic rings. The van der Waals surface area contributed by atoms with Gasteiger partial charge in [0.25, 0.3) is 0 Å². The molecule has 1 aromatic carbocycles. The minimum Gasteiger partial charge on any atom is -0.389 e. The first-order valence-corrected chi connectivity index (χ1v) is 5.89. The number of benzene rings is 1. The largest absolute Gasteiger partial charge is 0.389 e. The Morgan fingerprint density at radius 3 is 2.38 bits per heavy atom. The van der Waals surface area contributed by atoms with E-state index < -0.39 is 6.10 Å².